The van der Waals surface area contributed by atoms with Crippen LogP contribution in [0.3, 0.4) is 0 Å². The first-order valence-electron chi connectivity index (χ1n) is 6.77. The fourth-order valence-corrected chi connectivity index (χ4v) is 4.06. The lowest BCUT2D eigenvalue weighted by molar-refractivity contribution is -0.385. The van der Waals surface area contributed by atoms with Gasteiger partial charge in [0.2, 0.25) is 15.8 Å². The Morgan fingerprint density at radius 1 is 1.30 bits per heavy atom. The van der Waals surface area contributed by atoms with Gasteiger partial charge in [0.15, 0.2) is 0 Å². The summed E-state index contributed by atoms with van der Waals surface area (Å²) in [6, 6.07) is 2.24. The van der Waals surface area contributed by atoms with Crippen LogP contribution < -0.4 is 9.04 Å². The molecule has 0 aromatic heterocycles. The number of rotatable bonds is 4. The van der Waals surface area contributed by atoms with Gasteiger partial charge in [-0.1, -0.05) is 0 Å². The van der Waals surface area contributed by atoms with Gasteiger partial charge < -0.3 is 9.47 Å². The smallest absolute Gasteiger partial charge is 0.338 e. The molecule has 0 radical (unpaired) electrons. The molecule has 0 aliphatic carbocycles. The monoisotopic (exact) mass is 344 g/mol. The molecule has 0 bridgehead atoms. The third kappa shape index (κ3) is 3.21. The second kappa shape index (κ2) is 6.41. The van der Waals surface area contributed by atoms with Crippen LogP contribution in [0.25, 0.3) is 0 Å². The van der Waals surface area contributed by atoms with Crippen LogP contribution in [0.4, 0.5) is 11.4 Å². The number of hydrogen-bond acceptors (Lipinski definition) is 7. The molecule has 1 aliphatic rings. The highest BCUT2D eigenvalue weighted by Crippen LogP contribution is 2.41. The third-order valence-corrected chi connectivity index (χ3v) is 5.35. The van der Waals surface area contributed by atoms with E-state index in [1.54, 1.807) is 0 Å². The molecule has 9 nitrogen and oxygen atoms in total. The van der Waals surface area contributed by atoms with Gasteiger partial charge in [0.1, 0.15) is 5.69 Å². The minimum atomic E-state index is -3.62. The van der Waals surface area contributed by atoms with Gasteiger partial charge in [-0.05, 0) is 18.9 Å². The Morgan fingerprint density at radius 2 is 2.00 bits per heavy atom. The van der Waals surface area contributed by atoms with Crippen molar-refractivity contribution in [3.63, 3.8) is 0 Å². The van der Waals surface area contributed by atoms with Crippen LogP contribution in [0.2, 0.25) is 0 Å². The average molecular weight is 344 g/mol. The molecule has 0 atom stereocenters. The summed E-state index contributed by atoms with van der Waals surface area (Å²) in [6.45, 7) is 0.167. The maximum absolute atomic E-state index is 12.3. The van der Waals surface area contributed by atoms with Gasteiger partial charge in [-0.25, -0.2) is 13.2 Å². The number of anilines is 1. The number of nitro benzene ring substituents is 1. The van der Waals surface area contributed by atoms with Gasteiger partial charge >= 0.3 is 11.7 Å². The summed E-state index contributed by atoms with van der Waals surface area (Å²) in [5.41, 5.74) is -0.635. The number of carbonyl (C=O) groups is 1. The number of hydrogen-bond donors (Lipinski definition) is 0. The first kappa shape index (κ1) is 17.0. The molecule has 0 amide bonds. The topological polar surface area (TPSA) is 116 Å². The number of nitrogens with zero attached hydrogens (tertiary/aromatic N) is 2. The Hall–Kier alpha value is -2.36. The number of benzene rings is 1. The van der Waals surface area contributed by atoms with E-state index >= 15 is 0 Å². The molecule has 126 valence electrons. The van der Waals surface area contributed by atoms with E-state index in [1.165, 1.54) is 13.2 Å². The van der Waals surface area contributed by atoms with Crippen molar-refractivity contribution in [3.05, 3.63) is 27.8 Å². The van der Waals surface area contributed by atoms with E-state index < -0.39 is 26.6 Å². The van der Waals surface area contributed by atoms with Crippen molar-refractivity contribution in [1.82, 2.24) is 0 Å². The lowest BCUT2D eigenvalue weighted by Gasteiger charge is -2.29. The number of methoxy groups -OCH3 is 2. The fraction of sp³-hybridized carbons (Fsp3) is 0.462. The van der Waals surface area contributed by atoms with E-state index in [4.69, 9.17) is 4.74 Å². The molecule has 1 heterocycles. The molecular weight excluding hydrogens is 328 g/mol. The molecule has 1 aromatic carbocycles. The number of nitro groups is 1. The van der Waals surface area contributed by atoms with E-state index in [1.807, 2.05) is 0 Å². The first-order chi connectivity index (χ1) is 10.8. The Morgan fingerprint density at radius 3 is 2.52 bits per heavy atom. The molecule has 1 aromatic rings. The summed E-state index contributed by atoms with van der Waals surface area (Å²) in [6.07, 6.45) is 1.12. The molecule has 10 heteroatoms. The maximum atomic E-state index is 12.3. The van der Waals surface area contributed by atoms with Crippen LogP contribution in [0.5, 0.6) is 5.75 Å². The second-order valence-electron chi connectivity index (χ2n) is 4.89. The molecule has 0 N–H and O–H groups in total. The number of ether oxygens (including phenoxy) is 2. The van der Waals surface area contributed by atoms with Crippen molar-refractivity contribution in [3.8, 4) is 5.75 Å². The van der Waals surface area contributed by atoms with Gasteiger partial charge in [0, 0.05) is 12.6 Å². The average Bonchev–Trinajstić information content (AvgIpc) is 2.52. The van der Waals surface area contributed by atoms with Gasteiger partial charge in [0.25, 0.3) is 0 Å². The highest BCUT2D eigenvalue weighted by atomic mass is 32.2. The van der Waals surface area contributed by atoms with Crippen molar-refractivity contribution in [1.29, 1.82) is 0 Å². The first-order valence-corrected chi connectivity index (χ1v) is 8.38. The number of sulfonamides is 1. The standard InChI is InChI=1S/C13H16N2O7S/c1-21-12-10(14-5-3-4-6-23(14,19)20)7-9(13(16)22-2)8-11(12)15(17)18/h7-8H,3-6H2,1-2H3. The predicted molar refractivity (Wildman–Crippen MR) is 81.4 cm³/mol. The van der Waals surface area contributed by atoms with E-state index in [0.29, 0.717) is 12.8 Å². The Bertz CT molecular complexity index is 745. The molecule has 23 heavy (non-hydrogen) atoms. The lowest BCUT2D eigenvalue weighted by Crippen LogP contribution is -2.38. The van der Waals surface area contributed by atoms with Crippen LogP contribution in [-0.2, 0) is 14.8 Å². The summed E-state index contributed by atoms with van der Waals surface area (Å²) < 4.78 is 35.2. The third-order valence-electron chi connectivity index (χ3n) is 3.49. The summed E-state index contributed by atoms with van der Waals surface area (Å²) in [5.74, 6) is -1.06. The summed E-state index contributed by atoms with van der Waals surface area (Å²) in [5, 5.41) is 11.2. The number of carbonyl (C=O) groups excluding carboxylic acids is 1. The molecule has 0 unspecified atom stereocenters. The summed E-state index contributed by atoms with van der Waals surface area (Å²) >= 11 is 0. The number of esters is 1. The highest BCUT2D eigenvalue weighted by molar-refractivity contribution is 7.92. The van der Waals surface area contributed by atoms with E-state index in [0.717, 1.165) is 17.5 Å². The van der Waals surface area contributed by atoms with Crippen LogP contribution >= 0.6 is 0 Å². The fourth-order valence-electron chi connectivity index (χ4n) is 2.42. The van der Waals surface area contributed by atoms with Crippen LogP contribution in [-0.4, -0.2) is 45.8 Å². The van der Waals surface area contributed by atoms with Crippen LogP contribution in [0.1, 0.15) is 23.2 Å². The van der Waals surface area contributed by atoms with Crippen molar-refractivity contribution in [2.24, 2.45) is 0 Å². The van der Waals surface area contributed by atoms with E-state index in [9.17, 15) is 23.3 Å². The minimum absolute atomic E-state index is 0.0261. The van der Waals surface area contributed by atoms with E-state index in [2.05, 4.69) is 4.74 Å². The molecule has 1 saturated heterocycles. The maximum Gasteiger partial charge on any atom is 0.338 e. The van der Waals surface area contributed by atoms with Gasteiger partial charge in [-0.3, -0.25) is 14.4 Å². The molecular formula is C13H16N2O7S. The molecule has 2 rings (SSSR count). The van der Waals surface area contributed by atoms with Gasteiger partial charge in [0.05, 0.1) is 30.5 Å². The zero-order valence-electron chi connectivity index (χ0n) is 12.6. The lowest BCUT2D eigenvalue weighted by atomic mass is 10.1. The van der Waals surface area contributed by atoms with Gasteiger partial charge in [-0.15, -0.1) is 0 Å². The largest absolute Gasteiger partial charge is 0.489 e. The zero-order valence-corrected chi connectivity index (χ0v) is 13.5. The van der Waals surface area contributed by atoms with Crippen LogP contribution in [0, 0.1) is 10.1 Å². The molecule has 0 spiro atoms. The Balaban J connectivity index is 2.71. The second-order valence-corrected chi connectivity index (χ2v) is 6.90. The van der Waals surface area contributed by atoms with Crippen molar-refractivity contribution < 1.29 is 27.6 Å². The molecule has 1 fully saturated rings. The van der Waals surface area contributed by atoms with Crippen molar-refractivity contribution >= 4 is 27.4 Å². The zero-order chi connectivity index (χ0) is 17.2. The quantitative estimate of drug-likeness (QED) is 0.459. The van der Waals surface area contributed by atoms with Gasteiger partial charge in [-0.2, -0.15) is 0 Å². The normalized spacial score (nSPS) is 16.7. The van der Waals surface area contributed by atoms with Crippen LogP contribution in [0.15, 0.2) is 12.1 Å². The Kier molecular flexibility index (Phi) is 4.73. The predicted octanol–water partition coefficient (Wildman–Crippen LogP) is 1.32. The summed E-state index contributed by atoms with van der Waals surface area (Å²) in [7, 11) is -1.28. The summed E-state index contributed by atoms with van der Waals surface area (Å²) in [4.78, 5) is 22.2. The minimum Gasteiger partial charge on any atom is -0.489 e. The molecule has 0 saturated carbocycles. The Labute approximate surface area is 133 Å². The van der Waals surface area contributed by atoms with Crippen molar-refractivity contribution in [2.45, 2.75) is 12.8 Å². The molecule has 1 aliphatic heterocycles. The SMILES string of the molecule is COC(=O)c1cc(N2CCCCS2(=O)=O)c(OC)c([N+](=O)[O-])c1. The highest BCUT2D eigenvalue weighted by Gasteiger charge is 2.33. The van der Waals surface area contributed by atoms with Crippen molar-refractivity contribution in [2.75, 3.05) is 30.8 Å². The van der Waals surface area contributed by atoms with E-state index in [-0.39, 0.29) is 29.3 Å².